The molecule has 1 amide bonds. The van der Waals surface area contributed by atoms with Crippen LogP contribution in [0.4, 0.5) is 4.79 Å². The van der Waals surface area contributed by atoms with Gasteiger partial charge in [-0.15, -0.1) is 0 Å². The van der Waals surface area contributed by atoms with Crippen LogP contribution < -0.4 is 0 Å². The minimum absolute atomic E-state index is 0.245. The molecule has 6 heteroatoms. The van der Waals surface area contributed by atoms with Gasteiger partial charge in [-0.3, -0.25) is 4.79 Å². The molecule has 0 spiro atoms. The Kier molecular flexibility index (Phi) is 6.42. The Bertz CT molecular complexity index is 581. The zero-order valence-corrected chi connectivity index (χ0v) is 15.4. The predicted molar refractivity (Wildman–Crippen MR) is 92.9 cm³/mol. The fourth-order valence-electron chi connectivity index (χ4n) is 2.77. The van der Waals surface area contributed by atoms with Crippen molar-refractivity contribution in [1.29, 1.82) is 0 Å². The number of amides is 1. The van der Waals surface area contributed by atoms with Crippen LogP contribution in [0.5, 0.6) is 0 Å². The van der Waals surface area contributed by atoms with E-state index in [0.717, 1.165) is 5.56 Å². The molecular weight excluding hydrogens is 322 g/mol. The normalized spacial score (nSPS) is 20.9. The Morgan fingerprint density at radius 3 is 2.44 bits per heavy atom. The molecule has 138 valence electrons. The molecular formula is C19H27NO5. The van der Waals surface area contributed by atoms with Gasteiger partial charge in [0.1, 0.15) is 5.60 Å². The van der Waals surface area contributed by atoms with Gasteiger partial charge in [-0.05, 0) is 32.8 Å². The van der Waals surface area contributed by atoms with Gasteiger partial charge in [-0.2, -0.15) is 0 Å². The van der Waals surface area contributed by atoms with Gasteiger partial charge in [0.05, 0.1) is 32.3 Å². The summed E-state index contributed by atoms with van der Waals surface area (Å²) in [5.74, 6) is -0.742. The maximum absolute atomic E-state index is 12.4. The minimum Gasteiger partial charge on any atom is -0.469 e. The van der Waals surface area contributed by atoms with E-state index in [1.54, 1.807) is 0 Å². The molecule has 1 aliphatic heterocycles. The maximum atomic E-state index is 12.4. The third kappa shape index (κ3) is 6.05. The topological polar surface area (TPSA) is 65.1 Å². The van der Waals surface area contributed by atoms with Crippen molar-refractivity contribution in [2.45, 2.75) is 45.5 Å². The van der Waals surface area contributed by atoms with E-state index in [1.807, 2.05) is 51.1 Å². The molecule has 0 aliphatic carbocycles. The third-order valence-corrected chi connectivity index (χ3v) is 3.93. The number of carbonyl (C=O) groups is 2. The fourth-order valence-corrected chi connectivity index (χ4v) is 2.77. The van der Waals surface area contributed by atoms with Gasteiger partial charge in [0.15, 0.2) is 0 Å². The minimum atomic E-state index is -0.588. The summed E-state index contributed by atoms with van der Waals surface area (Å²) in [4.78, 5) is 25.9. The molecule has 6 nitrogen and oxygen atoms in total. The number of hydrogen-bond donors (Lipinski definition) is 0. The van der Waals surface area contributed by atoms with Crippen molar-refractivity contribution in [3.8, 4) is 0 Å². The van der Waals surface area contributed by atoms with Crippen LogP contribution in [0.2, 0.25) is 0 Å². The molecule has 1 aromatic rings. The van der Waals surface area contributed by atoms with Crippen LogP contribution in [0.3, 0.4) is 0 Å². The number of ether oxygens (including phenoxy) is 3. The smallest absolute Gasteiger partial charge is 0.410 e. The lowest BCUT2D eigenvalue weighted by molar-refractivity contribution is -0.150. The van der Waals surface area contributed by atoms with Gasteiger partial charge in [-0.1, -0.05) is 30.3 Å². The standard InChI is InChI=1S/C19H27NO5/c1-19(2,3)25-18(22)20-11-15(17(21)23-4)10-16(12-20)24-13-14-8-6-5-7-9-14/h5-9,15-16H,10-13H2,1-4H3. The first-order chi connectivity index (χ1) is 11.8. The molecule has 0 N–H and O–H groups in total. The molecule has 2 rings (SSSR count). The molecule has 25 heavy (non-hydrogen) atoms. The van der Waals surface area contributed by atoms with Crippen LogP contribution in [0.25, 0.3) is 0 Å². The van der Waals surface area contributed by atoms with Gasteiger partial charge in [0.25, 0.3) is 0 Å². The number of carbonyl (C=O) groups excluding carboxylic acids is 2. The van der Waals surface area contributed by atoms with Gasteiger partial charge in [-0.25, -0.2) is 4.79 Å². The van der Waals surface area contributed by atoms with Gasteiger partial charge < -0.3 is 19.1 Å². The van der Waals surface area contributed by atoms with E-state index in [4.69, 9.17) is 14.2 Å². The summed E-state index contributed by atoms with van der Waals surface area (Å²) >= 11 is 0. The van der Waals surface area contributed by atoms with E-state index in [0.29, 0.717) is 19.6 Å². The first-order valence-electron chi connectivity index (χ1n) is 8.50. The molecule has 0 radical (unpaired) electrons. The molecule has 0 aromatic heterocycles. The van der Waals surface area contributed by atoms with Gasteiger partial charge in [0, 0.05) is 6.54 Å². The highest BCUT2D eigenvalue weighted by atomic mass is 16.6. The summed E-state index contributed by atoms with van der Waals surface area (Å²) in [6.45, 7) is 6.56. The van der Waals surface area contributed by atoms with Crippen molar-refractivity contribution < 1.29 is 23.8 Å². The second-order valence-corrected chi connectivity index (χ2v) is 7.26. The number of benzene rings is 1. The molecule has 1 fully saturated rings. The van der Waals surface area contributed by atoms with E-state index >= 15 is 0 Å². The number of likely N-dealkylation sites (tertiary alicyclic amines) is 1. The van der Waals surface area contributed by atoms with Crippen LogP contribution in [0, 0.1) is 5.92 Å². The number of esters is 1. The monoisotopic (exact) mass is 349 g/mol. The average molecular weight is 349 g/mol. The van der Waals surface area contributed by atoms with Crippen molar-refractivity contribution in [1.82, 2.24) is 4.90 Å². The quantitative estimate of drug-likeness (QED) is 0.782. The Hall–Kier alpha value is -2.08. The van der Waals surface area contributed by atoms with E-state index in [1.165, 1.54) is 12.0 Å². The Morgan fingerprint density at radius 2 is 1.84 bits per heavy atom. The summed E-state index contributed by atoms with van der Waals surface area (Å²) in [5.41, 5.74) is 0.460. The molecule has 1 saturated heterocycles. The fraction of sp³-hybridized carbons (Fsp3) is 0.579. The lowest BCUT2D eigenvalue weighted by Gasteiger charge is -2.37. The largest absolute Gasteiger partial charge is 0.469 e. The van der Waals surface area contributed by atoms with Crippen LogP contribution in [-0.2, 0) is 25.6 Å². The van der Waals surface area contributed by atoms with E-state index in [9.17, 15) is 9.59 Å². The summed E-state index contributed by atoms with van der Waals surface area (Å²) in [7, 11) is 1.36. The summed E-state index contributed by atoms with van der Waals surface area (Å²) in [5, 5.41) is 0. The SMILES string of the molecule is COC(=O)C1CC(OCc2ccccc2)CN(C(=O)OC(C)(C)C)C1. The van der Waals surface area contributed by atoms with Crippen LogP contribution in [-0.4, -0.2) is 48.9 Å². The summed E-state index contributed by atoms with van der Waals surface area (Å²) in [6, 6.07) is 9.80. The van der Waals surface area contributed by atoms with E-state index in [2.05, 4.69) is 0 Å². The van der Waals surface area contributed by atoms with Crippen LogP contribution in [0.1, 0.15) is 32.8 Å². The number of nitrogens with zero attached hydrogens (tertiary/aromatic N) is 1. The second-order valence-electron chi connectivity index (χ2n) is 7.26. The lowest BCUT2D eigenvalue weighted by atomic mass is 9.96. The zero-order valence-electron chi connectivity index (χ0n) is 15.4. The first-order valence-corrected chi connectivity index (χ1v) is 8.50. The highest BCUT2D eigenvalue weighted by Crippen LogP contribution is 2.23. The maximum Gasteiger partial charge on any atom is 0.410 e. The zero-order chi connectivity index (χ0) is 18.4. The molecule has 2 atom stereocenters. The Balaban J connectivity index is 2.02. The number of hydrogen-bond acceptors (Lipinski definition) is 5. The average Bonchev–Trinajstić information content (AvgIpc) is 2.58. The molecule has 0 bridgehead atoms. The van der Waals surface area contributed by atoms with Crippen molar-refractivity contribution in [3.63, 3.8) is 0 Å². The van der Waals surface area contributed by atoms with Crippen molar-refractivity contribution in [3.05, 3.63) is 35.9 Å². The predicted octanol–water partition coefficient (Wildman–Crippen LogP) is 3.00. The van der Waals surface area contributed by atoms with Crippen LogP contribution >= 0.6 is 0 Å². The molecule has 0 saturated carbocycles. The highest BCUT2D eigenvalue weighted by Gasteiger charge is 2.36. The molecule has 1 aromatic carbocycles. The summed E-state index contributed by atoms with van der Waals surface area (Å²) < 4.78 is 16.2. The first kappa shape index (κ1) is 19.2. The summed E-state index contributed by atoms with van der Waals surface area (Å²) in [6.07, 6.45) is -0.154. The van der Waals surface area contributed by atoms with Crippen molar-refractivity contribution in [2.75, 3.05) is 20.2 Å². The van der Waals surface area contributed by atoms with Crippen LogP contribution in [0.15, 0.2) is 30.3 Å². The molecule has 2 unspecified atom stereocenters. The lowest BCUT2D eigenvalue weighted by Crippen LogP contribution is -2.50. The van der Waals surface area contributed by atoms with Crippen molar-refractivity contribution >= 4 is 12.1 Å². The second kappa shape index (κ2) is 8.34. The van der Waals surface area contributed by atoms with Crippen molar-refractivity contribution in [2.24, 2.45) is 5.92 Å². The van der Waals surface area contributed by atoms with Gasteiger partial charge >= 0.3 is 12.1 Å². The number of methoxy groups -OCH3 is 1. The Morgan fingerprint density at radius 1 is 1.16 bits per heavy atom. The molecule has 1 heterocycles. The van der Waals surface area contributed by atoms with E-state index < -0.39 is 17.6 Å². The van der Waals surface area contributed by atoms with Gasteiger partial charge in [0.2, 0.25) is 0 Å². The third-order valence-electron chi connectivity index (χ3n) is 3.93. The Labute approximate surface area is 149 Å². The molecule has 1 aliphatic rings. The van der Waals surface area contributed by atoms with E-state index in [-0.39, 0.29) is 18.6 Å². The highest BCUT2D eigenvalue weighted by molar-refractivity contribution is 5.75. The number of piperidine rings is 1. The number of rotatable bonds is 4.